The van der Waals surface area contributed by atoms with Gasteiger partial charge in [0, 0.05) is 30.6 Å². The molecule has 1 saturated carbocycles. The molecule has 1 aromatic carbocycles. The van der Waals surface area contributed by atoms with Crippen molar-refractivity contribution in [1.29, 1.82) is 0 Å². The minimum Gasteiger partial charge on any atom is -0.366 e. The Morgan fingerprint density at radius 2 is 2.09 bits per heavy atom. The van der Waals surface area contributed by atoms with E-state index in [1.165, 1.54) is 18.2 Å². The molecular formula is C17H22F2N2O2. The first-order valence-corrected chi connectivity index (χ1v) is 8.04. The van der Waals surface area contributed by atoms with Crippen LogP contribution in [-0.4, -0.2) is 50.2 Å². The SMILES string of the molecule is CN1CCO[C@H](C(=O)NCC2(c3c(F)cccc3F)CCC2)C1. The second-order valence-corrected chi connectivity index (χ2v) is 6.57. The number of carbonyl (C=O) groups is 1. The van der Waals surface area contributed by atoms with Gasteiger partial charge in [-0.3, -0.25) is 4.79 Å². The molecule has 6 heteroatoms. The van der Waals surface area contributed by atoms with E-state index in [-0.39, 0.29) is 18.0 Å². The fraction of sp³-hybridized carbons (Fsp3) is 0.588. The lowest BCUT2D eigenvalue weighted by Crippen LogP contribution is -2.52. The predicted octanol–water partition coefficient (Wildman–Crippen LogP) is 1.83. The average molecular weight is 324 g/mol. The Labute approximate surface area is 134 Å². The zero-order valence-electron chi connectivity index (χ0n) is 13.3. The molecule has 1 aliphatic heterocycles. The molecule has 0 unspecified atom stereocenters. The van der Waals surface area contributed by atoms with Gasteiger partial charge in [0.25, 0.3) is 5.91 Å². The van der Waals surface area contributed by atoms with E-state index in [4.69, 9.17) is 4.74 Å². The Morgan fingerprint density at radius 1 is 1.39 bits per heavy atom. The van der Waals surface area contributed by atoms with Gasteiger partial charge in [-0.1, -0.05) is 12.5 Å². The third kappa shape index (κ3) is 3.23. The van der Waals surface area contributed by atoms with Crippen LogP contribution in [-0.2, 0) is 14.9 Å². The number of amides is 1. The van der Waals surface area contributed by atoms with Gasteiger partial charge in [0.2, 0.25) is 0 Å². The van der Waals surface area contributed by atoms with E-state index >= 15 is 0 Å². The van der Waals surface area contributed by atoms with Crippen LogP contribution in [0.3, 0.4) is 0 Å². The molecule has 4 nitrogen and oxygen atoms in total. The van der Waals surface area contributed by atoms with Crippen molar-refractivity contribution in [2.75, 3.05) is 33.3 Å². The maximum absolute atomic E-state index is 14.1. The number of hydrogen-bond acceptors (Lipinski definition) is 3. The number of nitrogens with zero attached hydrogens (tertiary/aromatic N) is 1. The second-order valence-electron chi connectivity index (χ2n) is 6.57. The van der Waals surface area contributed by atoms with Gasteiger partial charge in [-0.05, 0) is 32.0 Å². The largest absolute Gasteiger partial charge is 0.366 e. The van der Waals surface area contributed by atoms with E-state index in [1.807, 2.05) is 11.9 Å². The molecule has 1 amide bonds. The van der Waals surface area contributed by atoms with Crippen molar-refractivity contribution < 1.29 is 18.3 Å². The number of rotatable bonds is 4. The van der Waals surface area contributed by atoms with Crippen molar-refractivity contribution in [2.24, 2.45) is 0 Å². The third-order valence-electron chi connectivity index (χ3n) is 4.97. The molecule has 3 rings (SSSR count). The van der Waals surface area contributed by atoms with E-state index in [0.29, 0.717) is 26.0 Å². The van der Waals surface area contributed by atoms with Gasteiger partial charge in [0.1, 0.15) is 17.7 Å². The summed E-state index contributed by atoms with van der Waals surface area (Å²) in [7, 11) is 1.94. The van der Waals surface area contributed by atoms with Crippen LogP contribution in [0.25, 0.3) is 0 Å². The second kappa shape index (κ2) is 6.53. The fourth-order valence-electron chi connectivity index (χ4n) is 3.43. The van der Waals surface area contributed by atoms with Crippen molar-refractivity contribution >= 4 is 5.91 Å². The Balaban J connectivity index is 1.69. The van der Waals surface area contributed by atoms with E-state index < -0.39 is 23.2 Å². The molecule has 1 saturated heterocycles. The number of likely N-dealkylation sites (N-methyl/N-ethyl adjacent to an activating group) is 1. The maximum Gasteiger partial charge on any atom is 0.250 e. The topological polar surface area (TPSA) is 41.6 Å². The summed E-state index contributed by atoms with van der Waals surface area (Å²) in [5.74, 6) is -1.28. The van der Waals surface area contributed by atoms with E-state index in [0.717, 1.165) is 13.0 Å². The minimum atomic E-state index is -0.633. The molecule has 0 radical (unpaired) electrons. The molecule has 1 aromatic rings. The lowest BCUT2D eigenvalue weighted by Gasteiger charge is -2.43. The first-order valence-electron chi connectivity index (χ1n) is 8.04. The molecule has 1 heterocycles. The molecule has 1 atom stereocenters. The number of benzene rings is 1. The van der Waals surface area contributed by atoms with E-state index in [2.05, 4.69) is 5.32 Å². The van der Waals surface area contributed by atoms with Crippen LogP contribution >= 0.6 is 0 Å². The molecule has 2 aliphatic rings. The highest BCUT2D eigenvalue weighted by Gasteiger charge is 2.43. The summed E-state index contributed by atoms with van der Waals surface area (Å²) >= 11 is 0. The molecule has 2 fully saturated rings. The Morgan fingerprint density at radius 3 is 2.65 bits per heavy atom. The van der Waals surface area contributed by atoms with Crippen molar-refractivity contribution in [2.45, 2.75) is 30.8 Å². The number of ether oxygens (including phenoxy) is 1. The average Bonchev–Trinajstić information content (AvgIpc) is 2.48. The molecule has 0 aromatic heterocycles. The van der Waals surface area contributed by atoms with Crippen LogP contribution in [0.1, 0.15) is 24.8 Å². The lowest BCUT2D eigenvalue weighted by atomic mass is 9.64. The molecule has 126 valence electrons. The predicted molar refractivity (Wildman–Crippen MR) is 82.1 cm³/mol. The molecule has 1 aliphatic carbocycles. The summed E-state index contributed by atoms with van der Waals surface area (Å²) in [6.07, 6.45) is 1.75. The Bertz CT molecular complexity index is 570. The summed E-state index contributed by atoms with van der Waals surface area (Å²) in [6, 6.07) is 3.92. The van der Waals surface area contributed by atoms with Crippen LogP contribution in [0.4, 0.5) is 8.78 Å². The van der Waals surface area contributed by atoms with Crippen LogP contribution in [0.15, 0.2) is 18.2 Å². The summed E-state index contributed by atoms with van der Waals surface area (Å²) in [6.45, 7) is 2.09. The van der Waals surface area contributed by atoms with Crippen LogP contribution in [0.2, 0.25) is 0 Å². The third-order valence-corrected chi connectivity index (χ3v) is 4.97. The minimum absolute atomic E-state index is 0.105. The summed E-state index contributed by atoms with van der Waals surface area (Å²) < 4.78 is 33.7. The fourth-order valence-corrected chi connectivity index (χ4v) is 3.43. The highest BCUT2D eigenvalue weighted by atomic mass is 19.1. The number of hydrogen-bond donors (Lipinski definition) is 1. The Kier molecular flexibility index (Phi) is 4.64. The van der Waals surface area contributed by atoms with Crippen LogP contribution < -0.4 is 5.32 Å². The normalized spacial score (nSPS) is 24.0. The van der Waals surface area contributed by atoms with Gasteiger partial charge in [0.15, 0.2) is 0 Å². The number of halogens is 2. The van der Waals surface area contributed by atoms with E-state index in [1.54, 1.807) is 0 Å². The molecule has 0 bridgehead atoms. The smallest absolute Gasteiger partial charge is 0.250 e. The number of carbonyl (C=O) groups excluding carboxylic acids is 1. The molecule has 23 heavy (non-hydrogen) atoms. The number of morpholine rings is 1. The van der Waals surface area contributed by atoms with Gasteiger partial charge in [-0.2, -0.15) is 0 Å². The monoisotopic (exact) mass is 324 g/mol. The summed E-state index contributed by atoms with van der Waals surface area (Å²) in [5.41, 5.74) is -0.528. The lowest BCUT2D eigenvalue weighted by molar-refractivity contribution is -0.138. The highest BCUT2D eigenvalue weighted by molar-refractivity contribution is 5.81. The number of nitrogens with one attached hydrogen (secondary N) is 1. The van der Waals surface area contributed by atoms with Crippen LogP contribution in [0, 0.1) is 11.6 Å². The van der Waals surface area contributed by atoms with Crippen molar-refractivity contribution in [1.82, 2.24) is 10.2 Å². The first-order chi connectivity index (χ1) is 11.0. The van der Waals surface area contributed by atoms with Crippen molar-refractivity contribution in [3.63, 3.8) is 0 Å². The van der Waals surface area contributed by atoms with Crippen molar-refractivity contribution in [3.05, 3.63) is 35.4 Å². The van der Waals surface area contributed by atoms with E-state index in [9.17, 15) is 13.6 Å². The molecular weight excluding hydrogens is 302 g/mol. The van der Waals surface area contributed by atoms with Gasteiger partial charge < -0.3 is 15.0 Å². The summed E-state index contributed by atoms with van der Waals surface area (Å²) in [5, 5.41) is 2.84. The summed E-state index contributed by atoms with van der Waals surface area (Å²) in [4.78, 5) is 14.3. The quantitative estimate of drug-likeness (QED) is 0.919. The highest BCUT2D eigenvalue weighted by Crippen LogP contribution is 2.45. The zero-order valence-corrected chi connectivity index (χ0v) is 13.3. The van der Waals surface area contributed by atoms with Gasteiger partial charge in [0.05, 0.1) is 6.61 Å². The first kappa shape index (κ1) is 16.3. The van der Waals surface area contributed by atoms with Crippen LogP contribution in [0.5, 0.6) is 0 Å². The van der Waals surface area contributed by atoms with Gasteiger partial charge >= 0.3 is 0 Å². The maximum atomic E-state index is 14.1. The van der Waals surface area contributed by atoms with Gasteiger partial charge in [-0.25, -0.2) is 8.78 Å². The van der Waals surface area contributed by atoms with Gasteiger partial charge in [-0.15, -0.1) is 0 Å². The Hall–Kier alpha value is -1.53. The zero-order chi connectivity index (χ0) is 16.4. The van der Waals surface area contributed by atoms with Crippen molar-refractivity contribution in [3.8, 4) is 0 Å². The molecule has 0 spiro atoms. The molecule has 1 N–H and O–H groups in total. The standard InChI is InChI=1S/C17H22F2N2O2/c1-21-8-9-23-14(10-21)16(22)20-11-17(6-3-7-17)15-12(18)4-2-5-13(15)19/h2,4-5,14H,3,6-11H2,1H3,(H,20,22)/t14-/m0/s1.